The van der Waals surface area contributed by atoms with E-state index in [1.807, 2.05) is 27.7 Å². The van der Waals surface area contributed by atoms with E-state index in [1.165, 1.54) is 6.08 Å². The Morgan fingerprint density at radius 2 is 1.95 bits per heavy atom. The molecule has 1 aliphatic heterocycles. The fraction of sp³-hybridized carbons (Fsp3) is 0.667. The van der Waals surface area contributed by atoms with Crippen molar-refractivity contribution in [3.8, 4) is 0 Å². The molecule has 2 fully saturated rings. The summed E-state index contributed by atoms with van der Waals surface area (Å²) in [5.74, 6) is -0.132. The molecule has 5 N–H and O–H groups in total. The number of hydrogen-bond acceptors (Lipinski definition) is 6. The number of aliphatic hydroxyl groups is 1. The van der Waals surface area contributed by atoms with Crippen LogP contribution in [0.4, 0.5) is 18.0 Å². The molecule has 0 aromatic rings. The highest BCUT2D eigenvalue weighted by atomic mass is 19.4. The molecule has 0 bridgehead atoms. The maximum atomic E-state index is 13.1. The van der Waals surface area contributed by atoms with E-state index in [0.717, 1.165) is 18.1 Å². The lowest BCUT2D eigenvalue weighted by molar-refractivity contribution is -0.0992. The molecule has 4 aliphatic rings. The van der Waals surface area contributed by atoms with Crippen LogP contribution in [0.1, 0.15) is 66.7 Å². The molecule has 0 radical (unpaired) electrons. The van der Waals surface area contributed by atoms with Crippen LogP contribution in [0.3, 0.4) is 0 Å². The standard InChI is InChI=1S/C30H43F3N4O3/c1-18(21-7-8-23(13-21)30(31,32)33)35-19(2)24-14-22(9-10-25(24)36-20(3)34)29(39)15-28(16-29)11-12-37(17-28)26(38)40-27(4,5)6/h7-9,18,20,24-25,35-36,39H,2,10-12,14-17,34H2,1,3-6H3. The summed E-state index contributed by atoms with van der Waals surface area (Å²) < 4.78 is 44.8. The van der Waals surface area contributed by atoms with Crippen LogP contribution in [0, 0.1) is 11.3 Å². The van der Waals surface area contributed by atoms with Crippen LogP contribution in [0.25, 0.3) is 0 Å². The Kier molecular flexibility index (Phi) is 8.15. The van der Waals surface area contributed by atoms with Gasteiger partial charge in [-0.15, -0.1) is 5.73 Å². The molecule has 1 spiro atoms. The van der Waals surface area contributed by atoms with Gasteiger partial charge in [0, 0.05) is 36.3 Å². The first-order valence-electron chi connectivity index (χ1n) is 14.0. The average molecular weight is 565 g/mol. The first-order chi connectivity index (χ1) is 18.4. The number of alkyl halides is 3. The third kappa shape index (κ3) is 6.68. The van der Waals surface area contributed by atoms with Crippen molar-refractivity contribution < 1.29 is 27.8 Å². The Hall–Kier alpha value is -2.52. The number of rotatable bonds is 7. The van der Waals surface area contributed by atoms with Gasteiger partial charge in [0.25, 0.3) is 0 Å². The molecule has 1 amide bonds. The zero-order chi connectivity index (χ0) is 29.7. The van der Waals surface area contributed by atoms with Crippen LogP contribution in [0.5, 0.6) is 0 Å². The van der Waals surface area contributed by atoms with Crippen molar-refractivity contribution in [2.45, 2.75) is 102 Å². The number of carbonyl (C=O) groups excluding carboxylic acids is 1. The molecular weight excluding hydrogens is 521 g/mol. The van der Waals surface area contributed by atoms with Crippen molar-refractivity contribution in [1.82, 2.24) is 15.5 Å². The quantitative estimate of drug-likeness (QED) is 0.201. The average Bonchev–Trinajstić information content (AvgIpc) is 3.45. The van der Waals surface area contributed by atoms with Crippen molar-refractivity contribution in [3.63, 3.8) is 0 Å². The zero-order valence-corrected chi connectivity index (χ0v) is 24.1. The van der Waals surface area contributed by atoms with Crippen LogP contribution < -0.4 is 16.4 Å². The SMILES string of the molecule is C=C(NC(C)C1=C=C(C(F)(F)F)C=C1)C1CC(C2(O)CC3(CCN(C(=O)OC(C)(C)C)C3)C2)=CCC1NC(C)N. The summed E-state index contributed by atoms with van der Waals surface area (Å²) in [6.07, 6.45) is 2.67. The minimum Gasteiger partial charge on any atom is -0.444 e. The Morgan fingerprint density at radius 3 is 2.52 bits per heavy atom. The Labute approximate surface area is 235 Å². The summed E-state index contributed by atoms with van der Waals surface area (Å²) in [7, 11) is 0. The number of halogens is 3. The van der Waals surface area contributed by atoms with Crippen LogP contribution >= 0.6 is 0 Å². The van der Waals surface area contributed by atoms with Gasteiger partial charge in [-0.25, -0.2) is 4.79 Å². The number of allylic oxidation sites excluding steroid dienone is 1. The maximum Gasteiger partial charge on any atom is 0.423 e. The van der Waals surface area contributed by atoms with E-state index in [0.29, 0.717) is 50.0 Å². The summed E-state index contributed by atoms with van der Waals surface area (Å²) in [4.78, 5) is 14.3. The van der Waals surface area contributed by atoms with E-state index >= 15 is 0 Å². The van der Waals surface area contributed by atoms with E-state index in [1.54, 1.807) is 11.8 Å². The third-order valence-corrected chi connectivity index (χ3v) is 8.37. The lowest BCUT2D eigenvalue weighted by Gasteiger charge is -2.54. The highest BCUT2D eigenvalue weighted by Crippen LogP contribution is 2.58. The number of likely N-dealkylation sites (tertiary alicyclic amines) is 1. The van der Waals surface area contributed by atoms with E-state index in [9.17, 15) is 23.1 Å². The number of hydrogen-bond donors (Lipinski definition) is 4. The molecule has 3 aliphatic carbocycles. The minimum atomic E-state index is -4.44. The van der Waals surface area contributed by atoms with Gasteiger partial charge in [-0.2, -0.15) is 13.2 Å². The number of amides is 1. The highest BCUT2D eigenvalue weighted by Gasteiger charge is 2.59. The van der Waals surface area contributed by atoms with Gasteiger partial charge in [-0.1, -0.05) is 12.7 Å². The van der Waals surface area contributed by atoms with Gasteiger partial charge in [-0.3, -0.25) is 5.32 Å². The van der Waals surface area contributed by atoms with Gasteiger partial charge in [0.15, 0.2) is 0 Å². The van der Waals surface area contributed by atoms with Gasteiger partial charge in [-0.05, 0) is 89.9 Å². The van der Waals surface area contributed by atoms with Crippen LogP contribution in [-0.2, 0) is 4.74 Å². The second kappa shape index (κ2) is 10.7. The number of ether oxygens (including phenoxy) is 1. The summed E-state index contributed by atoms with van der Waals surface area (Å²) >= 11 is 0. The molecule has 40 heavy (non-hydrogen) atoms. The molecule has 0 aromatic carbocycles. The number of nitrogens with two attached hydrogens (primary N) is 1. The van der Waals surface area contributed by atoms with Crippen molar-refractivity contribution in [2.24, 2.45) is 17.1 Å². The lowest BCUT2D eigenvalue weighted by Crippen LogP contribution is -2.56. The van der Waals surface area contributed by atoms with Gasteiger partial charge < -0.3 is 25.8 Å². The molecule has 4 unspecified atom stereocenters. The molecule has 0 aromatic heterocycles. The fourth-order valence-electron chi connectivity index (χ4n) is 6.58. The Balaban J connectivity index is 1.43. The second-order valence-electron chi connectivity index (χ2n) is 13.1. The molecule has 4 atom stereocenters. The summed E-state index contributed by atoms with van der Waals surface area (Å²) in [5, 5.41) is 18.3. The highest BCUT2D eigenvalue weighted by molar-refractivity contribution is 5.68. The monoisotopic (exact) mass is 564 g/mol. The van der Waals surface area contributed by atoms with E-state index < -0.39 is 29.0 Å². The smallest absolute Gasteiger partial charge is 0.423 e. The van der Waals surface area contributed by atoms with E-state index in [4.69, 9.17) is 10.5 Å². The molecular formula is C30H43F3N4O3. The largest absolute Gasteiger partial charge is 0.444 e. The van der Waals surface area contributed by atoms with Crippen molar-refractivity contribution in [2.75, 3.05) is 13.1 Å². The molecule has 7 nitrogen and oxygen atoms in total. The lowest BCUT2D eigenvalue weighted by atomic mass is 9.54. The topological polar surface area (TPSA) is 99.8 Å². The minimum absolute atomic E-state index is 0.0443. The van der Waals surface area contributed by atoms with Crippen LogP contribution in [0.2, 0.25) is 0 Å². The van der Waals surface area contributed by atoms with Gasteiger partial charge in [0.05, 0.1) is 23.4 Å². The van der Waals surface area contributed by atoms with Crippen LogP contribution in [0.15, 0.2) is 53.0 Å². The molecule has 1 saturated heterocycles. The predicted octanol–water partition coefficient (Wildman–Crippen LogP) is 4.81. The zero-order valence-electron chi connectivity index (χ0n) is 24.1. The predicted molar refractivity (Wildman–Crippen MR) is 148 cm³/mol. The number of nitrogens with one attached hydrogen (secondary N) is 2. The van der Waals surface area contributed by atoms with Crippen LogP contribution in [-0.4, -0.2) is 64.8 Å². The Morgan fingerprint density at radius 1 is 1.27 bits per heavy atom. The molecule has 4 rings (SSSR count). The van der Waals surface area contributed by atoms with E-state index in [-0.39, 0.29) is 29.6 Å². The van der Waals surface area contributed by atoms with Gasteiger partial charge in [0.2, 0.25) is 0 Å². The van der Waals surface area contributed by atoms with Crippen molar-refractivity contribution in [1.29, 1.82) is 0 Å². The van der Waals surface area contributed by atoms with Gasteiger partial charge >= 0.3 is 12.3 Å². The van der Waals surface area contributed by atoms with Crippen molar-refractivity contribution in [3.05, 3.63) is 53.0 Å². The molecule has 10 heteroatoms. The molecule has 1 saturated carbocycles. The Bertz CT molecular complexity index is 1150. The first kappa shape index (κ1) is 30.4. The molecule has 1 heterocycles. The fourth-order valence-corrected chi connectivity index (χ4v) is 6.58. The summed E-state index contributed by atoms with van der Waals surface area (Å²) in [6.45, 7) is 14.6. The molecule has 222 valence electrons. The normalized spacial score (nSPS) is 31.8. The third-order valence-electron chi connectivity index (χ3n) is 8.37. The first-order valence-corrected chi connectivity index (χ1v) is 14.0. The second-order valence-corrected chi connectivity index (χ2v) is 13.1. The number of nitrogens with zero attached hydrogens (tertiary/aromatic N) is 1. The number of carbonyl (C=O) groups is 1. The summed E-state index contributed by atoms with van der Waals surface area (Å²) in [6, 6.07) is -0.474. The van der Waals surface area contributed by atoms with E-state index in [2.05, 4.69) is 29.0 Å². The van der Waals surface area contributed by atoms with Gasteiger partial charge in [0.1, 0.15) is 5.60 Å². The van der Waals surface area contributed by atoms with Crippen molar-refractivity contribution >= 4 is 6.09 Å². The maximum absolute atomic E-state index is 13.1. The summed E-state index contributed by atoms with van der Waals surface area (Å²) in [5.41, 5.74) is 8.08.